The Bertz CT molecular complexity index is 1280. The van der Waals surface area contributed by atoms with E-state index >= 15 is 0 Å². The molecule has 0 unspecified atom stereocenters. The zero-order chi connectivity index (χ0) is 24.3. The molecule has 0 spiro atoms. The summed E-state index contributed by atoms with van der Waals surface area (Å²) in [6.45, 7) is 10.1. The van der Waals surface area contributed by atoms with Crippen molar-refractivity contribution in [2.24, 2.45) is 0 Å². The fourth-order valence-corrected chi connectivity index (χ4v) is 4.15. The van der Waals surface area contributed by atoms with E-state index in [0.717, 1.165) is 27.6 Å². The molecule has 1 amide bonds. The van der Waals surface area contributed by atoms with Gasteiger partial charge in [-0.25, -0.2) is 4.98 Å². The van der Waals surface area contributed by atoms with Gasteiger partial charge in [0.05, 0.1) is 0 Å². The monoisotopic (exact) mass is 433 g/mol. The summed E-state index contributed by atoms with van der Waals surface area (Å²) in [5.41, 5.74) is 9.51. The summed E-state index contributed by atoms with van der Waals surface area (Å²) in [6.07, 6.45) is 9.11. The second kappa shape index (κ2) is 9.99. The molecule has 0 saturated heterocycles. The molecule has 4 nitrogen and oxygen atoms in total. The van der Waals surface area contributed by atoms with Gasteiger partial charge >= 0.3 is 0 Å². The Morgan fingerprint density at radius 2 is 1.76 bits per heavy atom. The molecule has 3 aromatic rings. The van der Waals surface area contributed by atoms with Crippen molar-refractivity contribution < 1.29 is 4.79 Å². The first kappa shape index (κ1) is 24.2. The first-order valence-corrected chi connectivity index (χ1v) is 11.2. The number of nitrogens with one attached hydrogen (secondary N) is 1. The van der Waals surface area contributed by atoms with Gasteiger partial charge in [0.15, 0.2) is 0 Å². The number of hydrogen-bond donors (Lipinski definition) is 1. The molecule has 1 N–H and O–H groups in total. The smallest absolute Gasteiger partial charge is 0.249 e. The van der Waals surface area contributed by atoms with Crippen LogP contribution in [-0.4, -0.2) is 46.4 Å². The van der Waals surface area contributed by atoms with Crippen molar-refractivity contribution in [1.82, 2.24) is 9.88 Å². The largest absolute Gasteiger partial charge is 0.351 e. The van der Waals surface area contributed by atoms with E-state index < -0.39 is 0 Å². The van der Waals surface area contributed by atoms with Gasteiger partial charge in [0.25, 0.3) is 0 Å². The third-order valence-corrected chi connectivity index (χ3v) is 6.66. The molecule has 7 heteroatoms. The van der Waals surface area contributed by atoms with Crippen LogP contribution in [0.15, 0.2) is 55.4 Å². The fraction of sp³-hybridized carbons (Fsp3) is 0.154. The Morgan fingerprint density at radius 1 is 1.06 bits per heavy atom. The second-order valence-electron chi connectivity index (χ2n) is 8.46. The standard InChI is InChI=1S/C26H30B3N3O/c1-6-21(32(5)7-2)17-8-9-18-14-30-22(13-19(18)12-17)31-23(33)11-10-20-24(27)15(3)16(4)25(28)26(20)29/h6-14H,2,27-29H2,1,3-5H3,(H,30,31,33)/b11-10+,21-6-. The lowest BCUT2D eigenvalue weighted by molar-refractivity contribution is -0.111. The number of pyridine rings is 1. The lowest BCUT2D eigenvalue weighted by atomic mass is 9.68. The first-order chi connectivity index (χ1) is 15.7. The first-order valence-electron chi connectivity index (χ1n) is 11.2. The number of rotatable bonds is 6. The number of amides is 1. The average Bonchev–Trinajstić information content (AvgIpc) is 2.81. The third kappa shape index (κ3) is 4.98. The Labute approximate surface area is 199 Å². The summed E-state index contributed by atoms with van der Waals surface area (Å²) < 4.78 is 0. The van der Waals surface area contributed by atoms with Crippen LogP contribution in [0.3, 0.4) is 0 Å². The summed E-state index contributed by atoms with van der Waals surface area (Å²) in [6, 6.07) is 8.11. The van der Waals surface area contributed by atoms with Gasteiger partial charge in [-0.3, -0.25) is 4.79 Å². The zero-order valence-corrected chi connectivity index (χ0v) is 20.7. The molecule has 0 saturated carbocycles. The molecule has 0 bridgehead atoms. The minimum absolute atomic E-state index is 0.201. The van der Waals surface area contributed by atoms with E-state index in [-0.39, 0.29) is 5.91 Å². The van der Waals surface area contributed by atoms with Gasteiger partial charge in [-0.15, -0.1) is 0 Å². The van der Waals surface area contributed by atoms with Crippen LogP contribution in [0, 0.1) is 13.8 Å². The topological polar surface area (TPSA) is 45.2 Å². The van der Waals surface area contributed by atoms with E-state index in [4.69, 9.17) is 0 Å². The number of allylic oxidation sites excluding steroid dienone is 1. The number of benzene rings is 2. The average molecular weight is 433 g/mol. The molecule has 0 radical (unpaired) electrons. The number of carbonyl (C=O) groups is 1. The molecule has 0 atom stereocenters. The second-order valence-corrected chi connectivity index (χ2v) is 8.46. The highest BCUT2D eigenvalue weighted by Gasteiger charge is 2.11. The fourth-order valence-electron chi connectivity index (χ4n) is 4.15. The molecule has 3 rings (SSSR count). The van der Waals surface area contributed by atoms with Crippen LogP contribution in [0.1, 0.15) is 29.2 Å². The van der Waals surface area contributed by atoms with E-state index in [2.05, 4.69) is 72.5 Å². The minimum atomic E-state index is -0.201. The highest BCUT2D eigenvalue weighted by molar-refractivity contribution is 6.53. The predicted molar refractivity (Wildman–Crippen MR) is 151 cm³/mol. The number of carbonyl (C=O) groups excluding carboxylic acids is 1. The van der Waals surface area contributed by atoms with Crippen molar-refractivity contribution in [3.63, 3.8) is 0 Å². The van der Waals surface area contributed by atoms with Crippen LogP contribution in [0.25, 0.3) is 22.5 Å². The van der Waals surface area contributed by atoms with Crippen molar-refractivity contribution in [1.29, 1.82) is 0 Å². The number of nitrogens with zero attached hydrogens (tertiary/aromatic N) is 2. The molecular weight excluding hydrogens is 403 g/mol. The lowest BCUT2D eigenvalue weighted by Crippen LogP contribution is -2.38. The van der Waals surface area contributed by atoms with Crippen LogP contribution in [0.4, 0.5) is 5.82 Å². The van der Waals surface area contributed by atoms with Gasteiger partial charge in [0, 0.05) is 30.4 Å². The van der Waals surface area contributed by atoms with Crippen molar-refractivity contribution in [2.45, 2.75) is 20.8 Å². The molecule has 2 aromatic carbocycles. The summed E-state index contributed by atoms with van der Waals surface area (Å²) in [5.74, 6) is 0.325. The van der Waals surface area contributed by atoms with Crippen molar-refractivity contribution in [3.05, 3.63) is 77.6 Å². The molecule has 33 heavy (non-hydrogen) atoms. The molecule has 0 aliphatic rings. The van der Waals surface area contributed by atoms with Crippen LogP contribution >= 0.6 is 0 Å². The van der Waals surface area contributed by atoms with E-state index in [1.165, 1.54) is 27.5 Å². The Hall–Kier alpha value is -3.47. The number of fused-ring (bicyclic) bond motifs is 1. The maximum atomic E-state index is 12.7. The van der Waals surface area contributed by atoms with Gasteiger partial charge in [0.2, 0.25) is 5.91 Å². The highest BCUT2D eigenvalue weighted by atomic mass is 16.1. The summed E-state index contributed by atoms with van der Waals surface area (Å²) >= 11 is 0. The van der Waals surface area contributed by atoms with Gasteiger partial charge in [0.1, 0.15) is 29.4 Å². The normalized spacial score (nSPS) is 11.7. The van der Waals surface area contributed by atoms with Gasteiger partial charge in [-0.1, -0.05) is 58.4 Å². The van der Waals surface area contributed by atoms with Gasteiger partial charge < -0.3 is 10.2 Å². The minimum Gasteiger partial charge on any atom is -0.351 e. The molecular formula is C26H30B3N3O. The Balaban J connectivity index is 1.86. The SMILES string of the molecule is Bc1c(B)c(/C=C/C(=O)Nc2cc3cc(/C(=C/C)N(C)C=C)ccc3cn2)c(B)c(C)c1C. The van der Waals surface area contributed by atoms with Crippen molar-refractivity contribution in [2.75, 3.05) is 12.4 Å². The van der Waals surface area contributed by atoms with Crippen molar-refractivity contribution >= 4 is 74.2 Å². The Kier molecular flexibility index (Phi) is 7.32. The number of hydrogen-bond acceptors (Lipinski definition) is 3. The van der Waals surface area contributed by atoms with Gasteiger partial charge in [-0.05, 0) is 55.6 Å². The van der Waals surface area contributed by atoms with E-state index in [1.807, 2.05) is 37.1 Å². The predicted octanol–water partition coefficient (Wildman–Crippen LogP) is 0.715. The zero-order valence-electron chi connectivity index (χ0n) is 20.7. The van der Waals surface area contributed by atoms with Crippen LogP contribution in [-0.2, 0) is 4.79 Å². The molecule has 0 aliphatic carbocycles. The van der Waals surface area contributed by atoms with E-state index in [1.54, 1.807) is 18.5 Å². The van der Waals surface area contributed by atoms with Crippen LogP contribution in [0.2, 0.25) is 0 Å². The Morgan fingerprint density at radius 3 is 2.42 bits per heavy atom. The highest BCUT2D eigenvalue weighted by Crippen LogP contribution is 2.24. The quantitative estimate of drug-likeness (QED) is 0.461. The summed E-state index contributed by atoms with van der Waals surface area (Å²) in [7, 11) is 8.32. The molecule has 0 fully saturated rings. The maximum Gasteiger partial charge on any atom is 0.249 e. The number of aromatic nitrogens is 1. The lowest BCUT2D eigenvalue weighted by Gasteiger charge is -2.18. The number of anilines is 1. The molecule has 0 aliphatic heterocycles. The summed E-state index contributed by atoms with van der Waals surface area (Å²) in [4.78, 5) is 19.1. The van der Waals surface area contributed by atoms with Crippen LogP contribution in [0.5, 0.6) is 0 Å². The molecule has 1 heterocycles. The van der Waals surface area contributed by atoms with E-state index in [9.17, 15) is 4.79 Å². The molecule has 1 aromatic heterocycles. The third-order valence-electron chi connectivity index (χ3n) is 6.66. The molecule has 164 valence electrons. The maximum absolute atomic E-state index is 12.7. The summed E-state index contributed by atoms with van der Waals surface area (Å²) in [5, 5.41) is 4.93. The van der Waals surface area contributed by atoms with E-state index in [0.29, 0.717) is 5.82 Å². The van der Waals surface area contributed by atoms with Crippen molar-refractivity contribution in [3.8, 4) is 0 Å². The van der Waals surface area contributed by atoms with Gasteiger partial charge in [-0.2, -0.15) is 0 Å². The van der Waals surface area contributed by atoms with Crippen LogP contribution < -0.4 is 21.7 Å².